The van der Waals surface area contributed by atoms with Crippen molar-refractivity contribution in [3.05, 3.63) is 12.2 Å². The fourth-order valence-electron chi connectivity index (χ4n) is 6.40. The van der Waals surface area contributed by atoms with Crippen molar-refractivity contribution in [1.29, 1.82) is 0 Å². The third-order valence-electron chi connectivity index (χ3n) is 9.62. The van der Waals surface area contributed by atoms with Gasteiger partial charge in [0.15, 0.2) is 0 Å². The van der Waals surface area contributed by atoms with Crippen molar-refractivity contribution in [2.45, 2.75) is 226 Å². The molecule has 0 heterocycles. The van der Waals surface area contributed by atoms with E-state index in [2.05, 4.69) is 31.7 Å². The Labute approximate surface area is 312 Å². The zero-order valence-corrected chi connectivity index (χ0v) is 33.8. The molecule has 0 rings (SSSR count). The van der Waals surface area contributed by atoms with Crippen LogP contribution in [0.25, 0.3) is 0 Å². The van der Waals surface area contributed by atoms with Crippen molar-refractivity contribution < 1.29 is 24.5 Å². The molecule has 0 aromatic heterocycles. The Kier molecular flexibility index (Phi) is 46.6. The monoisotopic (exact) mass is 710 g/mol. The van der Waals surface area contributed by atoms with Crippen LogP contribution >= 0.6 is 0 Å². The lowest BCUT2D eigenvalue weighted by atomic mass is 10.0. The number of allylic oxidation sites excluding steroid dienone is 1. The van der Waals surface area contributed by atoms with Crippen molar-refractivity contribution in [1.82, 2.24) is 4.90 Å². The first kappa shape index (κ1) is 50.9. The van der Waals surface area contributed by atoms with Crippen LogP contribution < -0.4 is 0 Å². The van der Waals surface area contributed by atoms with Gasteiger partial charge in [-0.25, -0.2) is 0 Å². The predicted octanol–water partition coefficient (Wildman–Crippen LogP) is 12.1. The minimum Gasteiger partial charge on any atom is -0.462 e. The van der Waals surface area contributed by atoms with Crippen LogP contribution in [0.2, 0.25) is 0 Å². The second kappa shape index (κ2) is 45.8. The van der Waals surface area contributed by atoms with E-state index in [0.29, 0.717) is 12.8 Å². The van der Waals surface area contributed by atoms with Crippen LogP contribution in [0, 0.1) is 0 Å². The van der Waals surface area contributed by atoms with Gasteiger partial charge in [-0.05, 0) is 77.3 Å². The number of ether oxygens (including phenoxy) is 1. The van der Waals surface area contributed by atoms with Gasteiger partial charge in [0, 0.05) is 19.4 Å². The number of carbonyl (C=O) groups excluding carboxylic acids is 2. The van der Waals surface area contributed by atoms with Crippen LogP contribution in [0.15, 0.2) is 12.2 Å². The highest BCUT2D eigenvalue weighted by atomic mass is 16.5. The number of esters is 1. The topological polar surface area (TPSA) is 87.1 Å². The summed E-state index contributed by atoms with van der Waals surface area (Å²) in [5.41, 5.74) is 0. The normalized spacial score (nSPS) is 11.4. The highest BCUT2D eigenvalue weighted by molar-refractivity contribution is 5.69. The number of aliphatic hydroxyl groups is 2. The molecule has 0 spiro atoms. The number of hydrogen-bond acceptors (Lipinski definition) is 6. The van der Waals surface area contributed by atoms with Crippen molar-refractivity contribution in [3.8, 4) is 0 Å². The number of hydrogen-bond donors (Lipinski definition) is 2. The van der Waals surface area contributed by atoms with Gasteiger partial charge in [0.05, 0.1) is 13.2 Å². The average Bonchev–Trinajstić information content (AvgIpc) is 3.12. The molecule has 50 heavy (non-hydrogen) atoms. The standard InChI is InChI=1S/C35H69NO4.C9H18O/c1-3-5-7-9-14-20-26-34(27-21-15-10-8-6-4-2)40-35(39)28-22-16-13-18-24-30-36(31-33-38)29-23-17-11-12-19-25-32-37;1-2-3-4-5-6-7-8-9-10/h32,34,38H,3-31,33H2,1-2H3;7-8,10H,2-6,9H2,1H3/b;8-7-. The smallest absolute Gasteiger partial charge is 0.306 e. The number of nitrogens with zero attached hydrogens (tertiary/aromatic N) is 1. The summed E-state index contributed by atoms with van der Waals surface area (Å²) >= 11 is 0. The lowest BCUT2D eigenvalue weighted by molar-refractivity contribution is -0.150. The number of aliphatic hydroxyl groups excluding tert-OH is 2. The molecule has 6 heteroatoms. The van der Waals surface area contributed by atoms with E-state index in [1.165, 1.54) is 128 Å². The second-order valence-corrected chi connectivity index (χ2v) is 14.5. The summed E-state index contributed by atoms with van der Waals surface area (Å²) in [6.07, 6.45) is 41.4. The van der Waals surface area contributed by atoms with Crippen molar-refractivity contribution in [2.75, 3.05) is 32.8 Å². The van der Waals surface area contributed by atoms with E-state index in [1.54, 1.807) is 0 Å². The van der Waals surface area contributed by atoms with E-state index in [9.17, 15) is 14.7 Å². The molecule has 0 aliphatic carbocycles. The van der Waals surface area contributed by atoms with Gasteiger partial charge < -0.3 is 24.6 Å². The summed E-state index contributed by atoms with van der Waals surface area (Å²) in [6.45, 7) is 10.0. The van der Waals surface area contributed by atoms with Crippen LogP contribution in [0.3, 0.4) is 0 Å². The van der Waals surface area contributed by atoms with Crippen LogP contribution in [-0.2, 0) is 14.3 Å². The Balaban J connectivity index is 0. The molecule has 0 fully saturated rings. The molecule has 0 bridgehead atoms. The molecule has 0 atom stereocenters. The molecule has 2 N–H and O–H groups in total. The maximum atomic E-state index is 12.6. The summed E-state index contributed by atoms with van der Waals surface area (Å²) in [4.78, 5) is 25.3. The number of carbonyl (C=O) groups is 2. The Morgan fingerprint density at radius 2 is 0.980 bits per heavy atom. The molecule has 0 radical (unpaired) electrons. The van der Waals surface area contributed by atoms with Crippen LogP contribution in [-0.4, -0.2) is 66.3 Å². The number of rotatable bonds is 39. The van der Waals surface area contributed by atoms with Crippen molar-refractivity contribution >= 4 is 12.3 Å². The SMILES string of the molecule is CCCCCC/C=C\CO.CCCCCCCCC(CCCCCCCC)OC(=O)CCCCCCCN(CCO)CCCCCCCC=O. The van der Waals surface area contributed by atoms with Gasteiger partial charge in [-0.3, -0.25) is 4.79 Å². The second-order valence-electron chi connectivity index (χ2n) is 14.5. The van der Waals surface area contributed by atoms with Gasteiger partial charge in [-0.1, -0.05) is 155 Å². The maximum Gasteiger partial charge on any atom is 0.306 e. The van der Waals surface area contributed by atoms with Crippen LogP contribution in [0.5, 0.6) is 0 Å². The Hall–Kier alpha value is -1.24. The lowest BCUT2D eigenvalue weighted by Crippen LogP contribution is -2.29. The molecule has 0 aromatic carbocycles. The summed E-state index contributed by atoms with van der Waals surface area (Å²) in [5.74, 6) is 0.0160. The van der Waals surface area contributed by atoms with Gasteiger partial charge in [0.2, 0.25) is 0 Å². The largest absolute Gasteiger partial charge is 0.462 e. The molecular weight excluding hydrogens is 622 g/mol. The molecule has 0 aliphatic rings. The minimum absolute atomic E-state index is 0.0160. The molecule has 0 aliphatic heterocycles. The zero-order chi connectivity index (χ0) is 37.0. The van der Waals surface area contributed by atoms with Crippen LogP contribution in [0.4, 0.5) is 0 Å². The van der Waals surface area contributed by atoms with Gasteiger partial charge in [0.1, 0.15) is 12.4 Å². The molecule has 0 unspecified atom stereocenters. The van der Waals surface area contributed by atoms with Gasteiger partial charge in [-0.15, -0.1) is 0 Å². The highest BCUT2D eigenvalue weighted by Crippen LogP contribution is 2.18. The maximum absolute atomic E-state index is 12.6. The lowest BCUT2D eigenvalue weighted by Gasteiger charge is -2.21. The first-order chi connectivity index (χ1) is 24.6. The van der Waals surface area contributed by atoms with Gasteiger partial charge >= 0.3 is 5.97 Å². The fraction of sp³-hybridized carbons (Fsp3) is 0.909. The van der Waals surface area contributed by atoms with Crippen molar-refractivity contribution in [2.24, 2.45) is 0 Å². The van der Waals surface area contributed by atoms with E-state index < -0.39 is 0 Å². The summed E-state index contributed by atoms with van der Waals surface area (Å²) < 4.78 is 5.98. The van der Waals surface area contributed by atoms with Crippen LogP contribution in [0.1, 0.15) is 220 Å². The molecule has 6 nitrogen and oxygen atoms in total. The highest BCUT2D eigenvalue weighted by Gasteiger charge is 2.14. The Bertz CT molecular complexity index is 669. The first-order valence-electron chi connectivity index (χ1n) is 21.8. The van der Waals surface area contributed by atoms with E-state index in [1.807, 2.05) is 6.08 Å². The quantitative estimate of drug-likeness (QED) is 0.0286. The van der Waals surface area contributed by atoms with Gasteiger partial charge in [-0.2, -0.15) is 0 Å². The minimum atomic E-state index is 0.0160. The molecule has 0 amide bonds. The summed E-state index contributed by atoms with van der Waals surface area (Å²) in [6, 6.07) is 0. The third-order valence-corrected chi connectivity index (χ3v) is 9.62. The van der Waals surface area contributed by atoms with E-state index in [-0.39, 0.29) is 25.3 Å². The van der Waals surface area contributed by atoms with Crippen molar-refractivity contribution in [3.63, 3.8) is 0 Å². The molecular formula is C44H87NO5. The third kappa shape index (κ3) is 42.9. The van der Waals surface area contributed by atoms with E-state index in [0.717, 1.165) is 83.7 Å². The summed E-state index contributed by atoms with van der Waals surface area (Å²) in [5, 5.41) is 17.8. The molecule has 0 aromatic rings. The molecule has 0 saturated carbocycles. The number of aldehydes is 1. The van der Waals surface area contributed by atoms with E-state index in [4.69, 9.17) is 9.84 Å². The Morgan fingerprint density at radius 1 is 0.540 bits per heavy atom. The zero-order valence-electron chi connectivity index (χ0n) is 33.8. The number of unbranched alkanes of at least 4 members (excludes halogenated alkanes) is 23. The summed E-state index contributed by atoms with van der Waals surface area (Å²) in [7, 11) is 0. The molecule has 298 valence electrons. The first-order valence-corrected chi connectivity index (χ1v) is 21.8. The average molecular weight is 710 g/mol. The molecule has 0 saturated heterocycles. The van der Waals surface area contributed by atoms with E-state index >= 15 is 0 Å². The van der Waals surface area contributed by atoms with Gasteiger partial charge in [0.25, 0.3) is 0 Å². The fourth-order valence-corrected chi connectivity index (χ4v) is 6.40. The Morgan fingerprint density at radius 3 is 1.48 bits per heavy atom. The predicted molar refractivity (Wildman–Crippen MR) is 216 cm³/mol.